The van der Waals surface area contributed by atoms with Crippen LogP contribution >= 0.6 is 0 Å². The third-order valence-electron chi connectivity index (χ3n) is 7.34. The first-order valence-corrected chi connectivity index (χ1v) is 14.6. The number of likely N-dealkylation sites (N-methyl/N-ethyl adjacent to an activating group) is 1. The lowest BCUT2D eigenvalue weighted by atomic mass is 10.0. The van der Waals surface area contributed by atoms with Crippen molar-refractivity contribution in [2.45, 2.75) is 26.2 Å². The molecule has 0 spiro atoms. The molecule has 0 unspecified atom stereocenters. The quantitative estimate of drug-likeness (QED) is 0.140. The van der Waals surface area contributed by atoms with Crippen molar-refractivity contribution in [1.29, 1.82) is 0 Å². The van der Waals surface area contributed by atoms with E-state index in [0.29, 0.717) is 58.0 Å². The summed E-state index contributed by atoms with van der Waals surface area (Å²) in [5.74, 6) is -0.799. The Kier molecular flexibility index (Phi) is 8.43. The van der Waals surface area contributed by atoms with Gasteiger partial charge in [-0.3, -0.25) is 14.9 Å². The largest absolute Gasteiger partial charge is 0.384 e. The van der Waals surface area contributed by atoms with Crippen LogP contribution in [0.2, 0.25) is 0 Å². The molecule has 5 aromatic heterocycles. The van der Waals surface area contributed by atoms with E-state index in [9.17, 15) is 9.18 Å². The van der Waals surface area contributed by atoms with Crippen LogP contribution in [-0.4, -0.2) is 73.1 Å². The van der Waals surface area contributed by atoms with E-state index in [0.717, 1.165) is 19.4 Å². The zero-order valence-electron chi connectivity index (χ0n) is 25.1. The first-order chi connectivity index (χ1) is 21.8. The Morgan fingerprint density at radius 3 is 2.64 bits per heavy atom. The lowest BCUT2D eigenvalue weighted by Crippen LogP contribution is -2.20. The Labute approximate surface area is 257 Å². The van der Waals surface area contributed by atoms with Gasteiger partial charge in [0, 0.05) is 60.5 Å². The molecule has 230 valence electrons. The molecule has 0 aliphatic heterocycles. The van der Waals surface area contributed by atoms with Gasteiger partial charge in [0.05, 0.1) is 22.8 Å². The lowest BCUT2D eigenvalue weighted by molar-refractivity contribution is -0.116. The number of halogens is 2. The van der Waals surface area contributed by atoms with Crippen LogP contribution in [0.15, 0.2) is 55.1 Å². The smallest absolute Gasteiger partial charge is 0.224 e. The molecule has 0 aliphatic carbocycles. The fraction of sp³-hybridized carbons (Fsp3) is 0.250. The van der Waals surface area contributed by atoms with Gasteiger partial charge in [0.2, 0.25) is 5.91 Å². The maximum Gasteiger partial charge on any atom is 0.224 e. The minimum absolute atomic E-state index is 0.128. The molecule has 11 nitrogen and oxygen atoms in total. The number of fused-ring (bicyclic) bond motifs is 2. The van der Waals surface area contributed by atoms with Crippen molar-refractivity contribution in [2.75, 3.05) is 37.8 Å². The van der Waals surface area contributed by atoms with Crippen molar-refractivity contribution in [3.8, 4) is 33.8 Å². The minimum atomic E-state index is -0.577. The average Bonchev–Trinajstić information content (AvgIpc) is 3.65. The normalized spacial score (nSPS) is 11.5. The van der Waals surface area contributed by atoms with Crippen molar-refractivity contribution < 1.29 is 13.6 Å². The van der Waals surface area contributed by atoms with Gasteiger partial charge in [-0.15, -0.1) is 0 Å². The first kappa shape index (κ1) is 29.8. The number of aromatic nitrogens is 7. The highest BCUT2D eigenvalue weighted by atomic mass is 19.1. The van der Waals surface area contributed by atoms with Gasteiger partial charge in [0.25, 0.3) is 0 Å². The number of imidazole rings is 1. The van der Waals surface area contributed by atoms with Crippen LogP contribution in [0.25, 0.3) is 56.0 Å². The number of carbonyl (C=O) groups is 1. The molecular formula is C32H32F2N10O. The number of unbranched alkanes of at least 4 members (excludes halogenated alkanes) is 1. The molecule has 13 heteroatoms. The molecule has 0 aliphatic rings. The van der Waals surface area contributed by atoms with Crippen LogP contribution in [0.4, 0.5) is 20.2 Å². The Bertz CT molecular complexity index is 2000. The fourth-order valence-electron chi connectivity index (χ4n) is 5.08. The van der Waals surface area contributed by atoms with Gasteiger partial charge in [0.1, 0.15) is 17.3 Å². The van der Waals surface area contributed by atoms with Crippen molar-refractivity contribution in [3.63, 3.8) is 0 Å². The summed E-state index contributed by atoms with van der Waals surface area (Å²) in [5.41, 5.74) is 4.42. The third kappa shape index (κ3) is 6.34. The molecule has 5 heterocycles. The van der Waals surface area contributed by atoms with Crippen molar-refractivity contribution in [1.82, 2.24) is 40.0 Å². The molecule has 45 heavy (non-hydrogen) atoms. The number of aromatic amines is 2. The monoisotopic (exact) mass is 610 g/mol. The van der Waals surface area contributed by atoms with E-state index in [4.69, 9.17) is 0 Å². The summed E-state index contributed by atoms with van der Waals surface area (Å²) in [6.45, 7) is 3.45. The zero-order valence-corrected chi connectivity index (χ0v) is 25.1. The van der Waals surface area contributed by atoms with E-state index in [1.54, 1.807) is 18.3 Å². The number of hydrogen-bond acceptors (Lipinski definition) is 8. The van der Waals surface area contributed by atoms with Crippen LogP contribution in [0.3, 0.4) is 0 Å². The molecular weight excluding hydrogens is 578 g/mol. The summed E-state index contributed by atoms with van der Waals surface area (Å²) in [6, 6.07) is 8.19. The standard InChI is InChI=1S/C32H32F2N10O/c1-4-5-6-25(45)39-22-13-19(15-35-16-22)24-17-38-30-26(27(24)34)29(42-43-30)32-40-28-23(7-8-37-31(28)41-32)18-11-20(33)14-21(12-18)36-9-10-44(2)3/h7-8,11-17,36H,4-6,9-10H2,1-3H3,(H,39,45)(H,37,40,41)(H,38,42,43). The number of hydrogen-bond donors (Lipinski definition) is 4. The highest BCUT2D eigenvalue weighted by Crippen LogP contribution is 2.35. The van der Waals surface area contributed by atoms with Crippen LogP contribution in [0, 0.1) is 11.6 Å². The molecule has 0 saturated heterocycles. The minimum Gasteiger partial charge on any atom is -0.384 e. The van der Waals surface area contributed by atoms with E-state index in [2.05, 4.69) is 45.8 Å². The number of amides is 1. The number of benzene rings is 1. The van der Waals surface area contributed by atoms with Gasteiger partial charge in [-0.1, -0.05) is 13.3 Å². The van der Waals surface area contributed by atoms with Crippen LogP contribution in [0.5, 0.6) is 0 Å². The second-order valence-corrected chi connectivity index (χ2v) is 11.0. The number of anilines is 2. The topological polar surface area (TPSA) is 140 Å². The van der Waals surface area contributed by atoms with Crippen LogP contribution < -0.4 is 10.6 Å². The molecule has 1 amide bonds. The second kappa shape index (κ2) is 12.7. The average molecular weight is 611 g/mol. The molecule has 0 fully saturated rings. The lowest BCUT2D eigenvalue weighted by Gasteiger charge is -2.13. The first-order valence-electron chi connectivity index (χ1n) is 14.6. The predicted octanol–water partition coefficient (Wildman–Crippen LogP) is 6.01. The molecule has 1 aromatic carbocycles. The number of pyridine rings is 3. The van der Waals surface area contributed by atoms with E-state index >= 15 is 4.39 Å². The number of H-pyrrole nitrogens is 2. The molecule has 0 bridgehead atoms. The van der Waals surface area contributed by atoms with Crippen molar-refractivity contribution >= 4 is 39.5 Å². The molecule has 0 radical (unpaired) electrons. The van der Waals surface area contributed by atoms with Crippen LogP contribution in [-0.2, 0) is 4.79 Å². The molecule has 4 N–H and O–H groups in total. The molecule has 0 atom stereocenters. The van der Waals surface area contributed by atoms with Gasteiger partial charge >= 0.3 is 0 Å². The van der Waals surface area contributed by atoms with Gasteiger partial charge in [0.15, 0.2) is 17.1 Å². The Balaban J connectivity index is 1.36. The fourth-order valence-corrected chi connectivity index (χ4v) is 5.08. The summed E-state index contributed by atoms with van der Waals surface area (Å²) in [4.78, 5) is 35.1. The Morgan fingerprint density at radius 1 is 0.978 bits per heavy atom. The van der Waals surface area contributed by atoms with Gasteiger partial charge < -0.3 is 20.5 Å². The molecule has 6 rings (SSSR count). The summed E-state index contributed by atoms with van der Waals surface area (Å²) < 4.78 is 30.9. The van der Waals surface area contributed by atoms with Crippen LogP contribution in [0.1, 0.15) is 26.2 Å². The summed E-state index contributed by atoms with van der Waals surface area (Å²) >= 11 is 0. The third-order valence-corrected chi connectivity index (χ3v) is 7.34. The maximum atomic E-state index is 16.2. The molecule has 6 aromatic rings. The summed E-state index contributed by atoms with van der Waals surface area (Å²) in [5, 5.41) is 13.3. The maximum absolute atomic E-state index is 16.2. The highest BCUT2D eigenvalue weighted by molar-refractivity contribution is 5.97. The van der Waals surface area contributed by atoms with Gasteiger partial charge in [-0.05, 0) is 56.4 Å². The van der Waals surface area contributed by atoms with Crippen molar-refractivity contribution in [2.24, 2.45) is 0 Å². The highest BCUT2D eigenvalue weighted by Gasteiger charge is 2.22. The van der Waals surface area contributed by atoms with E-state index in [-0.39, 0.29) is 34.0 Å². The number of carbonyl (C=O) groups excluding carboxylic acids is 1. The summed E-state index contributed by atoms with van der Waals surface area (Å²) in [7, 11) is 3.94. The van der Waals surface area contributed by atoms with Gasteiger partial charge in [-0.2, -0.15) is 5.10 Å². The number of rotatable bonds is 11. The Hall–Kier alpha value is -5.30. The van der Waals surface area contributed by atoms with E-state index in [1.807, 2.05) is 32.0 Å². The van der Waals surface area contributed by atoms with E-state index in [1.165, 1.54) is 30.7 Å². The summed E-state index contributed by atoms with van der Waals surface area (Å²) in [6.07, 6.45) is 8.07. The second-order valence-electron chi connectivity index (χ2n) is 11.0. The number of nitrogens with one attached hydrogen (secondary N) is 4. The predicted molar refractivity (Wildman–Crippen MR) is 171 cm³/mol. The van der Waals surface area contributed by atoms with Crippen molar-refractivity contribution in [3.05, 3.63) is 66.8 Å². The number of nitrogens with zero attached hydrogens (tertiary/aromatic N) is 6. The zero-order chi connectivity index (χ0) is 31.5. The SMILES string of the molecule is CCCCC(=O)Nc1cncc(-c2cnc3n[nH]c(-c4nc5nccc(-c6cc(F)cc(NCCN(C)C)c6)c5[nH]4)c3c2F)c1. The van der Waals surface area contributed by atoms with Gasteiger partial charge in [-0.25, -0.2) is 23.7 Å². The van der Waals surface area contributed by atoms with E-state index < -0.39 is 5.82 Å². The Morgan fingerprint density at radius 2 is 1.82 bits per heavy atom. The molecule has 0 saturated carbocycles.